The molecule has 1 amide bonds. The van der Waals surface area contributed by atoms with Crippen LogP contribution in [0.4, 0.5) is 0 Å². The van der Waals surface area contributed by atoms with Gasteiger partial charge >= 0.3 is 0 Å². The van der Waals surface area contributed by atoms with Crippen molar-refractivity contribution in [3.63, 3.8) is 0 Å². The summed E-state index contributed by atoms with van der Waals surface area (Å²) in [6.45, 7) is 1.50. The normalized spacial score (nSPS) is 19.6. The van der Waals surface area contributed by atoms with E-state index in [4.69, 9.17) is 23.2 Å². The molecule has 0 bridgehead atoms. The molecule has 1 aliphatic heterocycles. The van der Waals surface area contributed by atoms with Crippen LogP contribution in [0.3, 0.4) is 0 Å². The Kier molecular flexibility index (Phi) is 5.46. The van der Waals surface area contributed by atoms with Crippen LogP contribution in [0.1, 0.15) is 18.4 Å². The molecule has 1 saturated heterocycles. The van der Waals surface area contributed by atoms with Crippen LogP contribution in [0.5, 0.6) is 0 Å². The average molecular weight is 314 g/mol. The van der Waals surface area contributed by atoms with E-state index in [9.17, 15) is 9.90 Å². The van der Waals surface area contributed by atoms with Crippen LogP contribution in [-0.4, -0.2) is 35.6 Å². The van der Waals surface area contributed by atoms with Crippen molar-refractivity contribution in [1.82, 2.24) is 4.90 Å². The zero-order valence-corrected chi connectivity index (χ0v) is 12.6. The Morgan fingerprint density at radius 1 is 1.45 bits per heavy atom. The first-order valence-electron chi connectivity index (χ1n) is 6.63. The highest BCUT2D eigenvalue weighted by molar-refractivity contribution is 6.35. The smallest absolute Gasteiger partial charge is 0.246 e. The van der Waals surface area contributed by atoms with Crippen molar-refractivity contribution in [2.24, 2.45) is 5.92 Å². The lowest BCUT2D eigenvalue weighted by Crippen LogP contribution is -2.40. The average Bonchev–Trinajstić information content (AvgIpc) is 2.46. The molecule has 20 heavy (non-hydrogen) atoms. The summed E-state index contributed by atoms with van der Waals surface area (Å²) in [6, 6.07) is 5.16. The van der Waals surface area contributed by atoms with Gasteiger partial charge in [0.15, 0.2) is 0 Å². The summed E-state index contributed by atoms with van der Waals surface area (Å²) in [5.74, 6) is 0.148. The van der Waals surface area contributed by atoms with E-state index in [-0.39, 0.29) is 18.4 Å². The lowest BCUT2D eigenvalue weighted by molar-refractivity contribution is -0.127. The molecule has 108 valence electrons. The van der Waals surface area contributed by atoms with E-state index in [0.717, 1.165) is 24.9 Å². The Morgan fingerprint density at radius 3 is 2.95 bits per heavy atom. The lowest BCUT2D eigenvalue weighted by Gasteiger charge is -2.31. The third-order valence-electron chi connectivity index (χ3n) is 3.46. The summed E-state index contributed by atoms with van der Waals surface area (Å²) >= 11 is 11.9. The van der Waals surface area contributed by atoms with Gasteiger partial charge in [-0.15, -0.1) is 0 Å². The summed E-state index contributed by atoms with van der Waals surface area (Å²) in [5, 5.41) is 10.3. The van der Waals surface area contributed by atoms with E-state index < -0.39 is 0 Å². The molecule has 0 aromatic heterocycles. The van der Waals surface area contributed by atoms with Crippen LogP contribution in [0, 0.1) is 5.92 Å². The Balaban J connectivity index is 2.01. The van der Waals surface area contributed by atoms with E-state index in [1.807, 2.05) is 0 Å². The number of likely N-dealkylation sites (tertiary alicyclic amines) is 1. The van der Waals surface area contributed by atoms with Crippen LogP contribution < -0.4 is 0 Å². The zero-order valence-electron chi connectivity index (χ0n) is 11.1. The maximum atomic E-state index is 12.1. The highest BCUT2D eigenvalue weighted by atomic mass is 35.5. The molecule has 2 rings (SSSR count). The first kappa shape index (κ1) is 15.4. The van der Waals surface area contributed by atoms with Crippen molar-refractivity contribution in [2.75, 3.05) is 19.7 Å². The van der Waals surface area contributed by atoms with Gasteiger partial charge in [-0.3, -0.25) is 4.79 Å². The van der Waals surface area contributed by atoms with Gasteiger partial charge in [-0.2, -0.15) is 0 Å². The van der Waals surface area contributed by atoms with Crippen LogP contribution in [0.25, 0.3) is 6.08 Å². The van der Waals surface area contributed by atoms with Crippen molar-refractivity contribution >= 4 is 35.2 Å². The Morgan fingerprint density at radius 2 is 2.25 bits per heavy atom. The van der Waals surface area contributed by atoms with Gasteiger partial charge in [0.05, 0.1) is 0 Å². The fourth-order valence-corrected chi connectivity index (χ4v) is 2.79. The Labute approximate surface area is 128 Å². The third-order valence-corrected chi connectivity index (χ3v) is 4.02. The molecule has 0 radical (unpaired) electrons. The number of aliphatic hydroxyl groups is 1. The number of benzene rings is 1. The summed E-state index contributed by atoms with van der Waals surface area (Å²) in [5.41, 5.74) is 0.764. The minimum Gasteiger partial charge on any atom is -0.396 e. The number of piperidine rings is 1. The summed E-state index contributed by atoms with van der Waals surface area (Å²) < 4.78 is 0. The predicted molar refractivity (Wildman–Crippen MR) is 81.9 cm³/mol. The van der Waals surface area contributed by atoms with Crippen LogP contribution >= 0.6 is 23.2 Å². The second-order valence-corrected chi connectivity index (χ2v) is 5.82. The molecule has 1 aliphatic rings. The number of rotatable bonds is 3. The minimum absolute atomic E-state index is 0.0471. The molecule has 1 heterocycles. The zero-order chi connectivity index (χ0) is 14.5. The summed E-state index contributed by atoms with van der Waals surface area (Å²) in [6.07, 6.45) is 5.14. The molecule has 1 aromatic rings. The first-order chi connectivity index (χ1) is 9.60. The first-order valence-corrected chi connectivity index (χ1v) is 7.38. The second-order valence-electron chi connectivity index (χ2n) is 4.97. The molecule has 0 aliphatic carbocycles. The molecular weight excluding hydrogens is 297 g/mol. The van der Waals surface area contributed by atoms with Gasteiger partial charge in [-0.05, 0) is 42.5 Å². The van der Waals surface area contributed by atoms with Crippen LogP contribution in [0.2, 0.25) is 10.0 Å². The number of carbonyl (C=O) groups is 1. The van der Waals surface area contributed by atoms with E-state index in [0.29, 0.717) is 16.6 Å². The summed E-state index contributed by atoms with van der Waals surface area (Å²) in [4.78, 5) is 13.9. The number of aliphatic hydroxyl groups excluding tert-OH is 1. The number of halogens is 2. The maximum absolute atomic E-state index is 12.1. The SMILES string of the molecule is O=C(/C=C/c1ccc(Cl)cc1Cl)N1CCCC(CO)C1. The lowest BCUT2D eigenvalue weighted by atomic mass is 9.99. The van der Waals surface area contributed by atoms with Gasteiger partial charge in [-0.1, -0.05) is 29.3 Å². The van der Waals surface area contributed by atoms with Crippen molar-refractivity contribution in [3.8, 4) is 0 Å². The molecule has 0 saturated carbocycles. The number of hydrogen-bond acceptors (Lipinski definition) is 2. The second kappa shape index (κ2) is 7.11. The van der Waals surface area contributed by atoms with Crippen molar-refractivity contribution < 1.29 is 9.90 Å². The number of carbonyl (C=O) groups excluding carboxylic acids is 1. The van der Waals surface area contributed by atoms with Gasteiger partial charge in [-0.25, -0.2) is 0 Å². The van der Waals surface area contributed by atoms with E-state index in [2.05, 4.69) is 0 Å². The molecule has 1 N–H and O–H groups in total. The molecular formula is C15H17Cl2NO2. The molecule has 1 unspecified atom stereocenters. The number of nitrogens with zero attached hydrogens (tertiary/aromatic N) is 1. The van der Waals surface area contributed by atoms with Crippen molar-refractivity contribution in [1.29, 1.82) is 0 Å². The van der Waals surface area contributed by atoms with E-state index in [1.54, 1.807) is 29.2 Å². The van der Waals surface area contributed by atoms with Crippen LogP contribution in [0.15, 0.2) is 24.3 Å². The molecule has 1 atom stereocenters. The standard InChI is InChI=1S/C15H17Cl2NO2/c16-13-5-3-12(14(17)8-13)4-6-15(20)18-7-1-2-11(9-18)10-19/h3-6,8,11,19H,1-2,7,9-10H2/b6-4+. The Bertz CT molecular complexity index is 517. The maximum Gasteiger partial charge on any atom is 0.246 e. The van der Waals surface area contributed by atoms with Gasteiger partial charge in [0, 0.05) is 35.8 Å². The molecule has 1 aromatic carbocycles. The summed E-state index contributed by atoms with van der Waals surface area (Å²) in [7, 11) is 0. The Hall–Kier alpha value is -1.03. The third kappa shape index (κ3) is 3.98. The molecule has 3 nitrogen and oxygen atoms in total. The topological polar surface area (TPSA) is 40.5 Å². The van der Waals surface area contributed by atoms with E-state index in [1.165, 1.54) is 6.08 Å². The van der Waals surface area contributed by atoms with Crippen molar-refractivity contribution in [2.45, 2.75) is 12.8 Å². The predicted octanol–water partition coefficient (Wildman–Crippen LogP) is 3.24. The quantitative estimate of drug-likeness (QED) is 0.870. The fraction of sp³-hybridized carbons (Fsp3) is 0.400. The highest BCUT2D eigenvalue weighted by Crippen LogP contribution is 2.22. The van der Waals surface area contributed by atoms with Gasteiger partial charge in [0.1, 0.15) is 0 Å². The molecule has 1 fully saturated rings. The molecule has 0 spiro atoms. The van der Waals surface area contributed by atoms with Gasteiger partial charge in [0.2, 0.25) is 5.91 Å². The van der Waals surface area contributed by atoms with Crippen molar-refractivity contribution in [3.05, 3.63) is 39.9 Å². The number of hydrogen-bond donors (Lipinski definition) is 1. The highest BCUT2D eigenvalue weighted by Gasteiger charge is 2.21. The minimum atomic E-state index is -0.0471. The number of amides is 1. The largest absolute Gasteiger partial charge is 0.396 e. The fourth-order valence-electron chi connectivity index (χ4n) is 2.32. The van der Waals surface area contributed by atoms with Gasteiger partial charge < -0.3 is 10.0 Å². The van der Waals surface area contributed by atoms with Crippen LogP contribution in [-0.2, 0) is 4.79 Å². The van der Waals surface area contributed by atoms with Gasteiger partial charge in [0.25, 0.3) is 0 Å². The monoisotopic (exact) mass is 313 g/mol. The molecule has 5 heteroatoms. The van der Waals surface area contributed by atoms with E-state index >= 15 is 0 Å².